The van der Waals surface area contributed by atoms with E-state index >= 15 is 0 Å². The maximum atomic E-state index is 9.45. The third kappa shape index (κ3) is 2.19. The van der Waals surface area contributed by atoms with Gasteiger partial charge in [-0.3, -0.25) is 0 Å². The third-order valence-corrected chi connectivity index (χ3v) is 3.65. The molecule has 1 saturated carbocycles. The largest absolute Gasteiger partial charge is 0.497 e. The van der Waals surface area contributed by atoms with Crippen LogP contribution in [-0.4, -0.2) is 28.8 Å². The van der Waals surface area contributed by atoms with Gasteiger partial charge in [-0.25, -0.2) is 9.97 Å². The number of aliphatic hydroxyl groups is 1. The zero-order chi connectivity index (χ0) is 13.3. The minimum atomic E-state index is -0.200. The molecule has 0 saturated heterocycles. The molecule has 2 aromatic rings. The van der Waals surface area contributed by atoms with E-state index in [1.165, 1.54) is 0 Å². The number of benzene rings is 1. The molecule has 4 heteroatoms. The van der Waals surface area contributed by atoms with Gasteiger partial charge >= 0.3 is 0 Å². The second-order valence-electron chi connectivity index (χ2n) is 4.94. The van der Waals surface area contributed by atoms with Crippen molar-refractivity contribution in [3.8, 4) is 17.0 Å². The first-order chi connectivity index (χ1) is 9.27. The number of nitrogens with zero attached hydrogens (tertiary/aromatic N) is 2. The fourth-order valence-corrected chi connectivity index (χ4v) is 2.16. The molecule has 1 aromatic heterocycles. The normalized spacial score (nSPS) is 16.1. The Balaban J connectivity index is 1.99. The molecule has 19 heavy (non-hydrogen) atoms. The molecule has 0 radical (unpaired) electrons. The van der Waals surface area contributed by atoms with E-state index in [1.54, 1.807) is 13.3 Å². The van der Waals surface area contributed by atoms with Gasteiger partial charge in [0.2, 0.25) is 0 Å². The molecule has 1 aliphatic carbocycles. The highest BCUT2D eigenvalue weighted by Crippen LogP contribution is 2.46. The molecule has 4 nitrogen and oxygen atoms in total. The van der Waals surface area contributed by atoms with Crippen LogP contribution in [0.5, 0.6) is 5.75 Å². The Kier molecular flexibility index (Phi) is 2.95. The Hall–Kier alpha value is -1.94. The van der Waals surface area contributed by atoms with Crippen molar-refractivity contribution in [3.05, 3.63) is 42.4 Å². The summed E-state index contributed by atoms with van der Waals surface area (Å²) in [5.41, 5.74) is 1.66. The standard InChI is InChI=1S/C15H16N2O2/c1-19-12-4-2-3-11(9-12)13-5-8-16-14(17-13)15(10-18)6-7-15/h2-5,8-9,18H,6-7,10H2,1H3. The Morgan fingerprint density at radius 3 is 2.84 bits per heavy atom. The van der Waals surface area contributed by atoms with Gasteiger partial charge in [0, 0.05) is 11.8 Å². The molecule has 1 heterocycles. The van der Waals surface area contributed by atoms with Gasteiger partial charge in [0.25, 0.3) is 0 Å². The first kappa shape index (κ1) is 12.1. The van der Waals surface area contributed by atoms with Crippen molar-refractivity contribution in [3.63, 3.8) is 0 Å². The molecule has 0 spiro atoms. The van der Waals surface area contributed by atoms with Crippen molar-refractivity contribution in [1.29, 1.82) is 0 Å². The highest BCUT2D eigenvalue weighted by Gasteiger charge is 2.46. The number of hydrogen-bond donors (Lipinski definition) is 1. The van der Waals surface area contributed by atoms with E-state index < -0.39 is 0 Å². The lowest BCUT2D eigenvalue weighted by Gasteiger charge is -2.11. The van der Waals surface area contributed by atoms with Gasteiger partial charge in [0.15, 0.2) is 0 Å². The number of aromatic nitrogens is 2. The monoisotopic (exact) mass is 256 g/mol. The van der Waals surface area contributed by atoms with E-state index in [9.17, 15) is 5.11 Å². The lowest BCUT2D eigenvalue weighted by molar-refractivity contribution is 0.250. The molecule has 1 fully saturated rings. The zero-order valence-electron chi connectivity index (χ0n) is 10.8. The summed E-state index contributed by atoms with van der Waals surface area (Å²) in [7, 11) is 1.65. The van der Waals surface area contributed by atoms with E-state index in [0.29, 0.717) is 0 Å². The van der Waals surface area contributed by atoms with Crippen molar-refractivity contribution in [2.24, 2.45) is 0 Å². The summed E-state index contributed by atoms with van der Waals surface area (Å²) in [4.78, 5) is 8.91. The number of aliphatic hydroxyl groups excluding tert-OH is 1. The van der Waals surface area contributed by atoms with E-state index in [0.717, 1.165) is 35.7 Å². The van der Waals surface area contributed by atoms with Crippen molar-refractivity contribution in [2.75, 3.05) is 13.7 Å². The maximum absolute atomic E-state index is 9.45. The highest BCUT2D eigenvalue weighted by atomic mass is 16.5. The minimum Gasteiger partial charge on any atom is -0.497 e. The van der Waals surface area contributed by atoms with Gasteiger partial charge in [0.1, 0.15) is 11.6 Å². The van der Waals surface area contributed by atoms with Crippen LogP contribution in [0.4, 0.5) is 0 Å². The van der Waals surface area contributed by atoms with Crippen molar-refractivity contribution in [2.45, 2.75) is 18.3 Å². The zero-order valence-corrected chi connectivity index (χ0v) is 10.8. The summed E-state index contributed by atoms with van der Waals surface area (Å²) in [6.45, 7) is 0.120. The van der Waals surface area contributed by atoms with Crippen molar-refractivity contribution in [1.82, 2.24) is 9.97 Å². The molecule has 0 amide bonds. The predicted molar refractivity (Wildman–Crippen MR) is 72.0 cm³/mol. The predicted octanol–water partition coefficient (Wildman–Crippen LogP) is 2.18. The summed E-state index contributed by atoms with van der Waals surface area (Å²) in [6, 6.07) is 9.67. The molecule has 1 aliphatic rings. The van der Waals surface area contributed by atoms with E-state index in [1.807, 2.05) is 30.3 Å². The molecule has 0 bridgehead atoms. The Morgan fingerprint density at radius 2 is 2.16 bits per heavy atom. The van der Waals surface area contributed by atoms with Crippen LogP contribution in [0.2, 0.25) is 0 Å². The molecule has 0 aliphatic heterocycles. The summed E-state index contributed by atoms with van der Waals surface area (Å²) >= 11 is 0. The second-order valence-corrected chi connectivity index (χ2v) is 4.94. The lowest BCUT2D eigenvalue weighted by atomic mass is 10.1. The summed E-state index contributed by atoms with van der Waals surface area (Å²) < 4.78 is 5.22. The fourth-order valence-electron chi connectivity index (χ4n) is 2.16. The van der Waals surface area contributed by atoms with Crippen molar-refractivity contribution < 1.29 is 9.84 Å². The molecule has 98 valence electrons. The van der Waals surface area contributed by atoms with Crippen LogP contribution in [0.25, 0.3) is 11.3 Å². The van der Waals surface area contributed by atoms with Gasteiger partial charge in [-0.2, -0.15) is 0 Å². The van der Waals surface area contributed by atoms with E-state index in [-0.39, 0.29) is 12.0 Å². The topological polar surface area (TPSA) is 55.2 Å². The fraction of sp³-hybridized carbons (Fsp3) is 0.333. The van der Waals surface area contributed by atoms with Crippen LogP contribution < -0.4 is 4.74 Å². The quantitative estimate of drug-likeness (QED) is 0.911. The highest BCUT2D eigenvalue weighted by molar-refractivity contribution is 5.61. The van der Waals surface area contributed by atoms with Gasteiger partial charge < -0.3 is 9.84 Å². The minimum absolute atomic E-state index is 0.120. The average Bonchev–Trinajstić information content (AvgIpc) is 3.29. The molecule has 3 rings (SSSR count). The molecule has 0 atom stereocenters. The first-order valence-electron chi connectivity index (χ1n) is 6.36. The summed E-state index contributed by atoms with van der Waals surface area (Å²) in [5, 5.41) is 9.45. The van der Waals surface area contributed by atoms with Crippen LogP contribution >= 0.6 is 0 Å². The smallest absolute Gasteiger partial charge is 0.137 e. The Morgan fingerprint density at radius 1 is 1.32 bits per heavy atom. The van der Waals surface area contributed by atoms with Crippen molar-refractivity contribution >= 4 is 0 Å². The average molecular weight is 256 g/mol. The van der Waals surface area contributed by atoms with Crippen LogP contribution in [-0.2, 0) is 5.41 Å². The van der Waals surface area contributed by atoms with Crippen LogP contribution in [0.1, 0.15) is 18.7 Å². The van der Waals surface area contributed by atoms with E-state index in [4.69, 9.17) is 4.74 Å². The molecular formula is C15H16N2O2. The van der Waals surface area contributed by atoms with E-state index in [2.05, 4.69) is 9.97 Å². The molecule has 0 unspecified atom stereocenters. The SMILES string of the molecule is COc1cccc(-c2ccnc(C3(CO)CC3)n2)c1. The number of methoxy groups -OCH3 is 1. The second kappa shape index (κ2) is 4.63. The van der Waals surface area contributed by atoms with Crippen LogP contribution in [0, 0.1) is 0 Å². The number of hydrogen-bond acceptors (Lipinski definition) is 4. The Bertz CT molecular complexity index is 594. The number of ether oxygens (including phenoxy) is 1. The van der Waals surface area contributed by atoms with Gasteiger partial charge in [-0.15, -0.1) is 0 Å². The molecular weight excluding hydrogens is 240 g/mol. The Labute approximate surface area is 112 Å². The van der Waals surface area contributed by atoms with Gasteiger partial charge in [-0.05, 0) is 31.0 Å². The number of rotatable bonds is 4. The lowest BCUT2D eigenvalue weighted by Crippen LogP contribution is -2.16. The molecule has 1 N–H and O–H groups in total. The van der Waals surface area contributed by atoms with Crippen LogP contribution in [0.15, 0.2) is 36.5 Å². The maximum Gasteiger partial charge on any atom is 0.137 e. The molecule has 1 aromatic carbocycles. The first-order valence-corrected chi connectivity index (χ1v) is 6.36. The van der Waals surface area contributed by atoms with Gasteiger partial charge in [-0.1, -0.05) is 12.1 Å². The van der Waals surface area contributed by atoms with Gasteiger partial charge in [0.05, 0.1) is 24.8 Å². The van der Waals surface area contributed by atoms with Crippen LogP contribution in [0.3, 0.4) is 0 Å². The third-order valence-electron chi connectivity index (χ3n) is 3.65. The summed E-state index contributed by atoms with van der Waals surface area (Å²) in [6.07, 6.45) is 3.68. The summed E-state index contributed by atoms with van der Waals surface area (Å²) in [5.74, 6) is 1.55.